The van der Waals surface area contributed by atoms with Crippen molar-refractivity contribution in [2.24, 2.45) is 11.3 Å². The molecular weight excluding hydrogens is 210 g/mol. The number of hydrogen-bond donors (Lipinski definition) is 1. The molecule has 1 unspecified atom stereocenters. The zero-order valence-electron chi connectivity index (χ0n) is 10.7. The Morgan fingerprint density at radius 3 is 2.76 bits per heavy atom. The molecule has 0 spiro atoms. The Balaban J connectivity index is 2.35. The number of nitrogens with two attached hydrogens (primary N) is 1. The highest BCUT2D eigenvalue weighted by Gasteiger charge is 2.29. The zero-order chi connectivity index (χ0) is 12.6. The molecule has 1 heterocycles. The molecule has 0 aromatic carbocycles. The van der Waals surface area contributed by atoms with Crippen molar-refractivity contribution < 1.29 is 0 Å². The highest BCUT2D eigenvalue weighted by Crippen LogP contribution is 2.37. The van der Waals surface area contributed by atoms with E-state index in [2.05, 4.69) is 31.8 Å². The number of pyridine rings is 1. The van der Waals surface area contributed by atoms with Crippen LogP contribution in [0.4, 0.5) is 5.82 Å². The van der Waals surface area contributed by atoms with Gasteiger partial charge < -0.3 is 5.73 Å². The summed E-state index contributed by atoms with van der Waals surface area (Å²) in [6.07, 6.45) is 3.16. The Morgan fingerprint density at radius 2 is 2.18 bits per heavy atom. The highest BCUT2D eigenvalue weighted by molar-refractivity contribution is 5.51. The molecule has 0 saturated heterocycles. The second-order valence-corrected chi connectivity index (χ2v) is 5.94. The van der Waals surface area contributed by atoms with Crippen LogP contribution in [0.3, 0.4) is 0 Å². The lowest BCUT2D eigenvalue weighted by molar-refractivity contribution is 0.215. The molecule has 0 fully saturated rings. The van der Waals surface area contributed by atoms with Crippen molar-refractivity contribution in [3.05, 3.63) is 22.9 Å². The van der Waals surface area contributed by atoms with E-state index in [1.54, 1.807) is 0 Å². The van der Waals surface area contributed by atoms with Crippen LogP contribution in [0.25, 0.3) is 0 Å². The summed E-state index contributed by atoms with van der Waals surface area (Å²) in [6.45, 7) is 6.83. The number of anilines is 1. The molecule has 0 aliphatic heterocycles. The van der Waals surface area contributed by atoms with Crippen LogP contribution in [0.2, 0.25) is 0 Å². The van der Waals surface area contributed by atoms with Gasteiger partial charge in [-0.1, -0.05) is 20.8 Å². The monoisotopic (exact) mass is 229 g/mol. The van der Waals surface area contributed by atoms with Crippen molar-refractivity contribution in [1.82, 2.24) is 4.98 Å². The third-order valence-corrected chi connectivity index (χ3v) is 3.76. The molecule has 1 aliphatic rings. The van der Waals surface area contributed by atoms with E-state index < -0.39 is 0 Å². The molecule has 0 radical (unpaired) electrons. The fraction of sp³-hybridized carbons (Fsp3) is 0.571. The molecule has 0 bridgehead atoms. The Kier molecular flexibility index (Phi) is 2.82. The maximum absolute atomic E-state index is 8.98. The first-order chi connectivity index (χ1) is 7.91. The lowest BCUT2D eigenvalue weighted by Gasteiger charge is -2.34. The number of nitrogens with zero attached hydrogens (tertiary/aromatic N) is 2. The summed E-state index contributed by atoms with van der Waals surface area (Å²) in [5, 5.41) is 8.98. The van der Waals surface area contributed by atoms with Crippen LogP contribution in [0.15, 0.2) is 6.07 Å². The van der Waals surface area contributed by atoms with E-state index in [0.717, 1.165) is 25.0 Å². The van der Waals surface area contributed by atoms with Crippen LogP contribution in [-0.4, -0.2) is 4.98 Å². The number of hydrogen-bond acceptors (Lipinski definition) is 3. The minimum Gasteiger partial charge on any atom is -0.383 e. The molecule has 17 heavy (non-hydrogen) atoms. The van der Waals surface area contributed by atoms with Gasteiger partial charge in [-0.2, -0.15) is 5.26 Å². The van der Waals surface area contributed by atoms with Gasteiger partial charge in [-0.05, 0) is 42.2 Å². The van der Waals surface area contributed by atoms with Crippen LogP contribution in [0.1, 0.15) is 44.0 Å². The molecule has 3 heteroatoms. The Labute approximate surface area is 103 Å². The van der Waals surface area contributed by atoms with Gasteiger partial charge in [0, 0.05) is 5.69 Å². The highest BCUT2D eigenvalue weighted by atomic mass is 14.8. The van der Waals surface area contributed by atoms with Crippen molar-refractivity contribution in [1.29, 1.82) is 5.26 Å². The van der Waals surface area contributed by atoms with Gasteiger partial charge in [0.1, 0.15) is 11.9 Å². The molecule has 2 N–H and O–H groups in total. The summed E-state index contributed by atoms with van der Waals surface area (Å²) in [4.78, 5) is 4.36. The lowest BCUT2D eigenvalue weighted by atomic mass is 9.71. The molecule has 90 valence electrons. The van der Waals surface area contributed by atoms with Crippen LogP contribution in [0.5, 0.6) is 0 Å². The standard InChI is InChI=1S/C14H19N3/c1-14(2,3)11-4-5-12-9(7-11)6-10(8-15)13(16)17-12/h6,11H,4-5,7H2,1-3H3,(H2,16,17). The summed E-state index contributed by atoms with van der Waals surface area (Å²) in [7, 11) is 0. The molecule has 1 aromatic heterocycles. The third-order valence-electron chi connectivity index (χ3n) is 3.76. The summed E-state index contributed by atoms with van der Waals surface area (Å²) < 4.78 is 0. The lowest BCUT2D eigenvalue weighted by Crippen LogP contribution is -2.27. The number of fused-ring (bicyclic) bond motifs is 1. The molecule has 3 nitrogen and oxygen atoms in total. The van der Waals surface area contributed by atoms with E-state index >= 15 is 0 Å². The van der Waals surface area contributed by atoms with E-state index in [1.165, 1.54) is 5.56 Å². The Hall–Kier alpha value is -1.56. The predicted molar refractivity (Wildman–Crippen MR) is 68.3 cm³/mol. The van der Waals surface area contributed by atoms with Gasteiger partial charge >= 0.3 is 0 Å². The van der Waals surface area contributed by atoms with Crippen LogP contribution in [-0.2, 0) is 12.8 Å². The van der Waals surface area contributed by atoms with E-state index in [0.29, 0.717) is 22.7 Å². The fourth-order valence-corrected chi connectivity index (χ4v) is 2.51. The molecule has 2 rings (SSSR count). The normalized spacial score (nSPS) is 19.5. The first kappa shape index (κ1) is 11.9. The zero-order valence-corrected chi connectivity index (χ0v) is 10.7. The van der Waals surface area contributed by atoms with E-state index in [1.807, 2.05) is 6.07 Å². The maximum atomic E-state index is 8.98. The molecule has 1 aromatic rings. The summed E-state index contributed by atoms with van der Waals surface area (Å²) in [5.74, 6) is 1.03. The summed E-state index contributed by atoms with van der Waals surface area (Å²) in [6, 6.07) is 4.04. The molecular formula is C14H19N3. The first-order valence-electron chi connectivity index (χ1n) is 6.10. The van der Waals surface area contributed by atoms with E-state index in [4.69, 9.17) is 11.0 Å². The smallest absolute Gasteiger partial charge is 0.141 e. The van der Waals surface area contributed by atoms with Gasteiger partial charge in [0.05, 0.1) is 5.56 Å². The van der Waals surface area contributed by atoms with Crippen LogP contribution < -0.4 is 5.73 Å². The predicted octanol–water partition coefficient (Wildman–Crippen LogP) is 2.69. The fourth-order valence-electron chi connectivity index (χ4n) is 2.51. The van der Waals surface area contributed by atoms with Crippen molar-refractivity contribution in [2.45, 2.75) is 40.0 Å². The second kappa shape index (κ2) is 4.03. The number of aromatic nitrogens is 1. The van der Waals surface area contributed by atoms with Gasteiger partial charge in [-0.15, -0.1) is 0 Å². The minimum absolute atomic E-state index is 0.311. The number of rotatable bonds is 0. The average molecular weight is 229 g/mol. The van der Waals surface area contributed by atoms with Crippen molar-refractivity contribution in [3.8, 4) is 6.07 Å². The third kappa shape index (κ3) is 2.26. The van der Waals surface area contributed by atoms with Gasteiger partial charge in [0.25, 0.3) is 0 Å². The maximum Gasteiger partial charge on any atom is 0.141 e. The Bertz CT molecular complexity index is 477. The minimum atomic E-state index is 0.311. The van der Waals surface area contributed by atoms with Crippen LogP contribution >= 0.6 is 0 Å². The van der Waals surface area contributed by atoms with Crippen LogP contribution in [0, 0.1) is 22.7 Å². The van der Waals surface area contributed by atoms with Crippen molar-refractivity contribution in [3.63, 3.8) is 0 Å². The number of aryl methyl sites for hydroxylation is 1. The largest absolute Gasteiger partial charge is 0.383 e. The Morgan fingerprint density at radius 1 is 1.47 bits per heavy atom. The van der Waals surface area contributed by atoms with Crippen molar-refractivity contribution >= 4 is 5.82 Å². The molecule has 1 atom stereocenters. The van der Waals surface area contributed by atoms with Gasteiger partial charge in [-0.3, -0.25) is 0 Å². The topological polar surface area (TPSA) is 62.7 Å². The second-order valence-electron chi connectivity index (χ2n) is 5.94. The van der Waals surface area contributed by atoms with Gasteiger partial charge in [-0.25, -0.2) is 4.98 Å². The average Bonchev–Trinajstić information content (AvgIpc) is 2.26. The number of nitriles is 1. The van der Waals surface area contributed by atoms with Gasteiger partial charge in [0.15, 0.2) is 0 Å². The summed E-state index contributed by atoms with van der Waals surface area (Å²) >= 11 is 0. The summed E-state index contributed by atoms with van der Waals surface area (Å²) in [5.41, 5.74) is 8.86. The number of nitrogen functional groups attached to an aromatic ring is 1. The van der Waals surface area contributed by atoms with E-state index in [-0.39, 0.29) is 0 Å². The van der Waals surface area contributed by atoms with E-state index in [9.17, 15) is 0 Å². The molecule has 0 saturated carbocycles. The van der Waals surface area contributed by atoms with Gasteiger partial charge in [0.2, 0.25) is 0 Å². The first-order valence-corrected chi connectivity index (χ1v) is 6.10. The molecule has 1 aliphatic carbocycles. The quantitative estimate of drug-likeness (QED) is 0.744. The van der Waals surface area contributed by atoms with Crippen molar-refractivity contribution in [2.75, 3.05) is 5.73 Å². The SMILES string of the molecule is CC(C)(C)C1CCc2nc(N)c(C#N)cc2C1. The molecule has 0 amide bonds.